The number of fused-ring (bicyclic) bond motifs is 1. The molecule has 0 spiro atoms. The molecule has 1 aliphatic rings. The smallest absolute Gasteiger partial charge is 0.410 e. The first kappa shape index (κ1) is 37.4. The maximum atomic E-state index is 14.2. The van der Waals surface area contributed by atoms with E-state index in [4.69, 9.17) is 18.1 Å². The first-order valence-electron chi connectivity index (χ1n) is 15.9. The Labute approximate surface area is 283 Å². The molecule has 0 bridgehead atoms. The maximum Gasteiger partial charge on any atom is 0.410 e. The van der Waals surface area contributed by atoms with E-state index in [1.807, 2.05) is 43.4 Å². The maximum absolute atomic E-state index is 14.2. The van der Waals surface area contributed by atoms with Gasteiger partial charge in [0, 0.05) is 29.6 Å². The molecule has 1 aromatic heterocycles. The predicted octanol–water partition coefficient (Wildman–Crippen LogP) is 6.67. The molecule has 1 fully saturated rings. The highest BCUT2D eigenvalue weighted by molar-refractivity contribution is 7.86. The minimum absolute atomic E-state index is 0.0272. The number of carbonyl (C=O) groups is 2. The summed E-state index contributed by atoms with van der Waals surface area (Å²) in [6.07, 6.45) is -0.831. The highest BCUT2D eigenvalue weighted by Gasteiger charge is 2.54. The molecule has 14 heteroatoms. The first-order valence-corrected chi connectivity index (χ1v) is 20.6. The van der Waals surface area contributed by atoms with Crippen molar-refractivity contribution < 1.29 is 40.5 Å². The summed E-state index contributed by atoms with van der Waals surface area (Å²) < 4.78 is 63.8. The van der Waals surface area contributed by atoms with Gasteiger partial charge in [0.2, 0.25) is 0 Å². The number of aromatic amines is 1. The quantitative estimate of drug-likeness (QED) is 0.176. The van der Waals surface area contributed by atoms with Gasteiger partial charge in [0.1, 0.15) is 24.1 Å². The lowest BCUT2D eigenvalue weighted by Crippen LogP contribution is -2.51. The molecular formula is C34H48FN3O8SSi. The van der Waals surface area contributed by atoms with Gasteiger partial charge in [0.25, 0.3) is 10.1 Å². The van der Waals surface area contributed by atoms with Crippen LogP contribution < -0.4 is 5.32 Å². The SMILES string of the molecule is CC(C)(C)OC(=O)N1CC(O[Si](C)(C)C(C)(C)C)C(OS(C)(=O)=O)C1[C@@H](CNC(=O)OCc1ccccc1)c1c[nH]c2cc(F)ccc12. The molecule has 2 aromatic carbocycles. The van der Waals surface area contributed by atoms with E-state index in [0.717, 1.165) is 11.8 Å². The van der Waals surface area contributed by atoms with Gasteiger partial charge in [-0.3, -0.25) is 9.08 Å². The van der Waals surface area contributed by atoms with Crippen LogP contribution >= 0.6 is 0 Å². The van der Waals surface area contributed by atoms with Crippen LogP contribution in [0.15, 0.2) is 54.7 Å². The van der Waals surface area contributed by atoms with E-state index >= 15 is 0 Å². The molecule has 3 aromatic rings. The van der Waals surface area contributed by atoms with Crippen molar-refractivity contribution in [1.29, 1.82) is 0 Å². The Morgan fingerprint density at radius 2 is 1.75 bits per heavy atom. The van der Waals surface area contributed by atoms with Crippen LogP contribution in [0.25, 0.3) is 10.9 Å². The fourth-order valence-corrected chi connectivity index (χ4v) is 7.53. The number of aromatic nitrogens is 1. The minimum atomic E-state index is -4.08. The lowest BCUT2D eigenvalue weighted by Gasteiger charge is -2.39. The summed E-state index contributed by atoms with van der Waals surface area (Å²) in [6.45, 7) is 15.3. The number of alkyl carbamates (subject to hydrolysis) is 1. The Hall–Kier alpha value is -3.46. The highest BCUT2D eigenvalue weighted by atomic mass is 32.2. The zero-order valence-electron chi connectivity index (χ0n) is 29.1. The third kappa shape index (κ3) is 9.36. The number of benzene rings is 2. The third-order valence-corrected chi connectivity index (χ3v) is 13.8. The van der Waals surface area contributed by atoms with Gasteiger partial charge in [0.15, 0.2) is 8.32 Å². The Morgan fingerprint density at radius 3 is 2.35 bits per heavy atom. The zero-order valence-corrected chi connectivity index (χ0v) is 30.9. The monoisotopic (exact) mass is 705 g/mol. The molecule has 4 atom stereocenters. The molecule has 0 aliphatic carbocycles. The van der Waals surface area contributed by atoms with Crippen LogP contribution in [-0.2, 0) is 34.8 Å². The van der Waals surface area contributed by atoms with Crippen molar-refractivity contribution in [3.63, 3.8) is 0 Å². The lowest BCUT2D eigenvalue weighted by molar-refractivity contribution is 0.0137. The highest BCUT2D eigenvalue weighted by Crippen LogP contribution is 2.43. The van der Waals surface area contributed by atoms with Crippen molar-refractivity contribution in [3.05, 3.63) is 71.7 Å². The molecular weight excluding hydrogens is 658 g/mol. The molecule has 4 rings (SSSR count). The summed E-state index contributed by atoms with van der Waals surface area (Å²) in [6, 6.07) is 12.4. The van der Waals surface area contributed by atoms with Crippen molar-refractivity contribution in [3.8, 4) is 0 Å². The Bertz CT molecular complexity index is 1700. The number of amides is 2. The molecule has 48 heavy (non-hydrogen) atoms. The Morgan fingerprint density at radius 1 is 1.08 bits per heavy atom. The molecule has 1 saturated heterocycles. The van der Waals surface area contributed by atoms with Gasteiger partial charge in [-0.25, -0.2) is 14.0 Å². The van der Waals surface area contributed by atoms with E-state index in [2.05, 4.69) is 31.1 Å². The number of hydrogen-bond acceptors (Lipinski definition) is 8. The van der Waals surface area contributed by atoms with Gasteiger partial charge in [0.05, 0.1) is 24.9 Å². The number of likely N-dealkylation sites (tertiary alicyclic amines) is 1. The van der Waals surface area contributed by atoms with E-state index in [9.17, 15) is 22.4 Å². The predicted molar refractivity (Wildman–Crippen MR) is 184 cm³/mol. The van der Waals surface area contributed by atoms with Gasteiger partial charge >= 0.3 is 12.2 Å². The van der Waals surface area contributed by atoms with E-state index in [1.165, 1.54) is 17.0 Å². The average molecular weight is 706 g/mol. The number of nitrogens with one attached hydrogen (secondary N) is 2. The summed E-state index contributed by atoms with van der Waals surface area (Å²) in [4.78, 5) is 31.5. The molecule has 3 unspecified atom stereocenters. The second-order valence-corrected chi connectivity index (χ2v) is 21.1. The number of rotatable bonds is 10. The van der Waals surface area contributed by atoms with Crippen molar-refractivity contribution in [2.24, 2.45) is 0 Å². The summed E-state index contributed by atoms with van der Waals surface area (Å²) in [5, 5.41) is 3.18. The molecule has 1 aliphatic heterocycles. The number of H-pyrrole nitrogens is 1. The molecule has 11 nitrogen and oxygen atoms in total. The summed E-state index contributed by atoms with van der Waals surface area (Å²) >= 11 is 0. The number of carbonyl (C=O) groups excluding carboxylic acids is 2. The van der Waals surface area contributed by atoms with Gasteiger partial charge in [-0.05, 0) is 68.2 Å². The van der Waals surface area contributed by atoms with Crippen LogP contribution in [0.4, 0.5) is 14.0 Å². The Balaban J connectivity index is 1.82. The van der Waals surface area contributed by atoms with Crippen LogP contribution in [0.3, 0.4) is 0 Å². The second-order valence-electron chi connectivity index (χ2n) is 14.8. The van der Waals surface area contributed by atoms with Crippen LogP contribution in [0.5, 0.6) is 0 Å². The summed E-state index contributed by atoms with van der Waals surface area (Å²) in [5.74, 6) is -1.24. The molecule has 2 amide bonds. The fraction of sp³-hybridized carbons (Fsp3) is 0.529. The van der Waals surface area contributed by atoms with E-state index in [-0.39, 0.29) is 24.7 Å². The molecule has 2 N–H and O–H groups in total. The summed E-state index contributed by atoms with van der Waals surface area (Å²) in [7, 11) is -6.63. The first-order chi connectivity index (χ1) is 22.1. The number of halogens is 1. The molecule has 0 saturated carbocycles. The van der Waals surface area contributed by atoms with Gasteiger partial charge in [-0.1, -0.05) is 51.1 Å². The van der Waals surface area contributed by atoms with Crippen molar-refractivity contribution >= 4 is 41.5 Å². The molecule has 0 radical (unpaired) electrons. The van der Waals surface area contributed by atoms with E-state index in [1.54, 1.807) is 33.0 Å². The Kier molecular flexibility index (Phi) is 11.0. The zero-order chi connectivity index (χ0) is 35.7. The largest absolute Gasteiger partial charge is 0.445 e. The van der Waals surface area contributed by atoms with E-state index < -0.39 is 66.2 Å². The number of ether oxygens (including phenoxy) is 2. The minimum Gasteiger partial charge on any atom is -0.445 e. The van der Waals surface area contributed by atoms with Crippen LogP contribution in [-0.4, -0.2) is 82.0 Å². The van der Waals surface area contributed by atoms with Gasteiger partial charge in [-0.2, -0.15) is 8.42 Å². The normalized spacial score (nSPS) is 19.7. The van der Waals surface area contributed by atoms with Crippen molar-refractivity contribution in [1.82, 2.24) is 15.2 Å². The van der Waals surface area contributed by atoms with Crippen LogP contribution in [0.2, 0.25) is 18.1 Å². The van der Waals surface area contributed by atoms with E-state index in [0.29, 0.717) is 16.5 Å². The van der Waals surface area contributed by atoms with Crippen molar-refractivity contribution in [2.45, 2.75) is 96.1 Å². The summed E-state index contributed by atoms with van der Waals surface area (Å²) in [5.41, 5.74) is 1.00. The average Bonchev–Trinajstić information content (AvgIpc) is 3.51. The van der Waals surface area contributed by atoms with Gasteiger partial charge in [-0.15, -0.1) is 0 Å². The lowest BCUT2D eigenvalue weighted by atomic mass is 9.87. The van der Waals surface area contributed by atoms with Crippen LogP contribution in [0.1, 0.15) is 58.6 Å². The molecule has 2 heterocycles. The second kappa shape index (κ2) is 14.2. The topological polar surface area (TPSA) is 136 Å². The van der Waals surface area contributed by atoms with Crippen LogP contribution in [0, 0.1) is 5.82 Å². The molecule has 264 valence electrons. The number of hydrogen-bond donors (Lipinski definition) is 2. The van der Waals surface area contributed by atoms with Gasteiger partial charge < -0.3 is 24.2 Å². The third-order valence-electron chi connectivity index (χ3n) is 8.77. The standard InChI is InChI=1S/C34H48FN3O8SSi/c1-33(2,3)44-32(40)38-20-28(46-48(8,9)34(4,5)6)30(45-47(7,41)42)29(38)26(25-18-36-27-17-23(35)15-16-24(25)27)19-37-31(39)43-21-22-13-11-10-12-14-22/h10-18,26,28-30,36H,19-21H2,1-9H3,(H,37,39)/t26-,28?,29?,30?/m0/s1. The fourth-order valence-electron chi connectivity index (χ4n) is 5.57. The van der Waals surface area contributed by atoms with Crippen molar-refractivity contribution in [2.75, 3.05) is 19.3 Å². The number of nitrogens with zero attached hydrogens (tertiary/aromatic N) is 1.